The first kappa shape index (κ1) is 30.4. The highest BCUT2D eigenvalue weighted by Crippen LogP contribution is 2.72. The van der Waals surface area contributed by atoms with Crippen molar-refractivity contribution in [3.63, 3.8) is 0 Å². The molecule has 2 unspecified atom stereocenters. The van der Waals surface area contributed by atoms with Crippen molar-refractivity contribution in [3.05, 3.63) is 162 Å². The van der Waals surface area contributed by atoms with Gasteiger partial charge in [-0.1, -0.05) is 115 Å². The van der Waals surface area contributed by atoms with Gasteiger partial charge in [-0.25, -0.2) is 0 Å². The Morgan fingerprint density at radius 2 is 1.32 bits per heavy atom. The predicted molar refractivity (Wildman–Crippen MR) is 228 cm³/mol. The van der Waals surface area contributed by atoms with Crippen LogP contribution in [0.2, 0.25) is 0 Å². The van der Waals surface area contributed by atoms with Crippen molar-refractivity contribution >= 4 is 49.1 Å². The van der Waals surface area contributed by atoms with E-state index in [4.69, 9.17) is 9.15 Å². The van der Waals surface area contributed by atoms with E-state index in [-0.39, 0.29) is 5.41 Å². The molecule has 1 aromatic heterocycles. The molecule has 15 rings (SSSR count). The monoisotopic (exact) mass is 720 g/mol. The second-order valence-electron chi connectivity index (χ2n) is 17.9. The van der Waals surface area contributed by atoms with Crippen molar-refractivity contribution < 1.29 is 9.15 Å². The highest BCUT2D eigenvalue weighted by Gasteiger charge is 2.65. The quantitative estimate of drug-likeness (QED) is 0.177. The van der Waals surface area contributed by atoms with E-state index in [2.05, 4.69) is 146 Å². The Kier molecular flexibility index (Phi) is 5.81. The van der Waals surface area contributed by atoms with E-state index in [9.17, 15) is 0 Å². The summed E-state index contributed by atoms with van der Waals surface area (Å²) >= 11 is 0. The second-order valence-corrected chi connectivity index (χ2v) is 17.9. The van der Waals surface area contributed by atoms with Crippen LogP contribution < -0.4 is 4.74 Å². The lowest BCUT2D eigenvalue weighted by Gasteiger charge is -2.63. The molecule has 1 aliphatic heterocycles. The number of hydrogen-bond acceptors (Lipinski definition) is 2. The number of furan rings is 1. The summed E-state index contributed by atoms with van der Waals surface area (Å²) in [6, 6.07) is 47.3. The van der Waals surface area contributed by atoms with Crippen molar-refractivity contribution in [2.45, 2.75) is 43.4 Å². The molecule has 6 aliphatic carbocycles. The van der Waals surface area contributed by atoms with Gasteiger partial charge in [-0.15, -0.1) is 0 Å². The highest BCUT2D eigenvalue weighted by atomic mass is 16.5. The molecule has 0 saturated heterocycles. The van der Waals surface area contributed by atoms with Gasteiger partial charge in [0.25, 0.3) is 0 Å². The van der Waals surface area contributed by atoms with Crippen LogP contribution in [0.15, 0.2) is 150 Å². The first-order valence-electron chi connectivity index (χ1n) is 20.9. The van der Waals surface area contributed by atoms with E-state index in [0.29, 0.717) is 11.8 Å². The molecule has 4 bridgehead atoms. The first-order valence-corrected chi connectivity index (χ1v) is 20.9. The predicted octanol–water partition coefficient (Wildman–Crippen LogP) is 14.4. The molecule has 4 fully saturated rings. The molecule has 0 N–H and O–H groups in total. The minimum absolute atomic E-state index is 0.277. The average Bonchev–Trinajstić information content (AvgIpc) is 3.77. The van der Waals surface area contributed by atoms with Gasteiger partial charge in [0.05, 0.1) is 0 Å². The van der Waals surface area contributed by atoms with Gasteiger partial charge in [0.1, 0.15) is 22.7 Å². The lowest BCUT2D eigenvalue weighted by molar-refractivity contribution is -0.0758. The van der Waals surface area contributed by atoms with Crippen LogP contribution in [-0.4, -0.2) is 0 Å². The maximum absolute atomic E-state index is 6.82. The number of hydrogen-bond donors (Lipinski definition) is 0. The van der Waals surface area contributed by atoms with Crippen LogP contribution in [0.1, 0.15) is 54.7 Å². The van der Waals surface area contributed by atoms with E-state index in [1.54, 1.807) is 11.1 Å². The molecular weight excluding hydrogens is 681 g/mol. The maximum atomic E-state index is 6.82. The lowest BCUT2D eigenvalue weighted by atomic mass is 9.41. The standard InChI is InChI=1S/C54H40O2/c1-2-9-37-32(8-1)18-20-43-52-40(14-7-17-48(52)56-53(37)43)38-21-23-49-51-39(38)12-5-13-41(51)44-29-33(19-22-47(44)55-49)36-11-6-16-46-50(36)42-10-3-4-15-45(42)54(46)34-25-30-24-31(27-34)28-35(54)26-30/h1-23,29-31,34-35,46,50H,24-28H2. The van der Waals surface area contributed by atoms with Crippen LogP contribution in [0.5, 0.6) is 11.5 Å². The van der Waals surface area contributed by atoms with Crippen LogP contribution in [0, 0.1) is 29.6 Å². The Bertz CT molecular complexity index is 3070. The van der Waals surface area contributed by atoms with Crippen molar-refractivity contribution in [2.75, 3.05) is 0 Å². The molecule has 8 aromatic rings. The summed E-state index contributed by atoms with van der Waals surface area (Å²) in [5.74, 6) is 6.29. The summed E-state index contributed by atoms with van der Waals surface area (Å²) in [4.78, 5) is 0. The zero-order chi connectivity index (χ0) is 36.3. The topological polar surface area (TPSA) is 22.4 Å². The fourth-order valence-corrected chi connectivity index (χ4v) is 13.9. The highest BCUT2D eigenvalue weighted by molar-refractivity contribution is 6.21. The van der Waals surface area contributed by atoms with Gasteiger partial charge in [-0.05, 0) is 142 Å². The van der Waals surface area contributed by atoms with Crippen molar-refractivity contribution in [1.82, 2.24) is 0 Å². The summed E-state index contributed by atoms with van der Waals surface area (Å²) < 4.78 is 13.4. The fourth-order valence-electron chi connectivity index (χ4n) is 13.9. The summed E-state index contributed by atoms with van der Waals surface area (Å²) in [6.45, 7) is 0. The number of rotatable bonds is 2. The molecule has 0 radical (unpaired) electrons. The van der Waals surface area contributed by atoms with Crippen molar-refractivity contribution in [1.29, 1.82) is 0 Å². The molecule has 56 heavy (non-hydrogen) atoms. The van der Waals surface area contributed by atoms with Gasteiger partial charge >= 0.3 is 0 Å². The number of benzene rings is 7. The zero-order valence-electron chi connectivity index (χ0n) is 31.2. The molecule has 2 atom stereocenters. The number of fused-ring (bicyclic) bond motifs is 10. The minimum Gasteiger partial charge on any atom is -0.456 e. The van der Waals surface area contributed by atoms with Gasteiger partial charge < -0.3 is 9.15 Å². The Hall–Kier alpha value is -5.86. The van der Waals surface area contributed by atoms with Gasteiger partial charge in [0.15, 0.2) is 0 Å². The third-order valence-corrected chi connectivity index (χ3v) is 15.6. The van der Waals surface area contributed by atoms with E-state index in [1.807, 2.05) is 0 Å². The SMILES string of the molecule is C1=CC2C(C(c3ccc4c(c3)-c3cccc5c(-c6cccc7oc8c9ccccc9ccc8c67)ccc(c35)O4)=C1)c1ccccc1C21C2CC3CC(C2)CC1C3. The van der Waals surface area contributed by atoms with E-state index in [1.165, 1.54) is 81.7 Å². The largest absolute Gasteiger partial charge is 0.456 e. The van der Waals surface area contributed by atoms with Gasteiger partial charge in [0, 0.05) is 38.4 Å². The van der Waals surface area contributed by atoms with E-state index < -0.39 is 0 Å². The minimum atomic E-state index is 0.277. The van der Waals surface area contributed by atoms with Crippen LogP contribution >= 0.6 is 0 Å². The summed E-state index contributed by atoms with van der Waals surface area (Å²) in [6.07, 6.45) is 14.7. The molecule has 268 valence electrons. The van der Waals surface area contributed by atoms with E-state index >= 15 is 0 Å². The molecular formula is C54H40O2. The third-order valence-electron chi connectivity index (χ3n) is 15.6. The van der Waals surface area contributed by atoms with Gasteiger partial charge in [-0.2, -0.15) is 0 Å². The average molecular weight is 721 g/mol. The first-order chi connectivity index (χ1) is 27.7. The molecule has 1 spiro atoms. The van der Waals surface area contributed by atoms with Crippen LogP contribution in [0.4, 0.5) is 0 Å². The van der Waals surface area contributed by atoms with Crippen LogP contribution in [0.25, 0.3) is 71.3 Å². The second kappa shape index (κ2) is 10.7. The smallest absolute Gasteiger partial charge is 0.143 e. The lowest BCUT2D eigenvalue weighted by Crippen LogP contribution is -2.57. The summed E-state index contributed by atoms with van der Waals surface area (Å²) in [5, 5.41) is 7.03. The molecule has 2 heterocycles. The van der Waals surface area contributed by atoms with Gasteiger partial charge in [-0.3, -0.25) is 0 Å². The van der Waals surface area contributed by atoms with Crippen LogP contribution in [-0.2, 0) is 5.41 Å². The maximum Gasteiger partial charge on any atom is 0.143 e. The zero-order valence-corrected chi connectivity index (χ0v) is 31.2. The molecule has 7 aromatic carbocycles. The van der Waals surface area contributed by atoms with Crippen molar-refractivity contribution in [3.8, 4) is 33.8 Å². The van der Waals surface area contributed by atoms with Gasteiger partial charge in [0.2, 0.25) is 0 Å². The van der Waals surface area contributed by atoms with Crippen LogP contribution in [0.3, 0.4) is 0 Å². The number of allylic oxidation sites excluding steroid dienone is 4. The molecule has 4 saturated carbocycles. The Balaban J connectivity index is 0.915. The molecule has 0 amide bonds. The molecule has 2 nitrogen and oxygen atoms in total. The fraction of sp³-hybridized carbons (Fsp3) is 0.222. The number of ether oxygens (including phenoxy) is 1. The summed E-state index contributed by atoms with van der Waals surface area (Å²) in [7, 11) is 0. The Morgan fingerprint density at radius 1 is 0.554 bits per heavy atom. The normalized spacial score (nSPS) is 27.5. The van der Waals surface area contributed by atoms with Crippen molar-refractivity contribution in [2.24, 2.45) is 29.6 Å². The Morgan fingerprint density at radius 3 is 2.21 bits per heavy atom. The molecule has 7 aliphatic rings. The summed E-state index contributed by atoms with van der Waals surface area (Å²) in [5.41, 5.74) is 13.0. The Labute approximate surface area is 326 Å². The molecule has 2 heteroatoms. The van der Waals surface area contributed by atoms with E-state index in [0.717, 1.165) is 62.5 Å². The third kappa shape index (κ3) is 3.74.